The van der Waals surface area contributed by atoms with Gasteiger partial charge in [0.05, 0.1) is 26.5 Å². The zero-order chi connectivity index (χ0) is 19.4. The highest BCUT2D eigenvalue weighted by molar-refractivity contribution is 7.84. The molecular weight excluding hydrogens is 429 g/mol. The molecule has 6 nitrogen and oxygen atoms in total. The average molecular weight is 442 g/mol. The van der Waals surface area contributed by atoms with Crippen molar-refractivity contribution in [3.8, 4) is 0 Å². The third-order valence-electron chi connectivity index (χ3n) is 3.35. The average Bonchev–Trinajstić information content (AvgIpc) is 3.02. The number of rotatable bonds is 6. The zero-order valence-electron chi connectivity index (χ0n) is 13.9. The van der Waals surface area contributed by atoms with Crippen LogP contribution in [0.4, 0.5) is 5.13 Å². The van der Waals surface area contributed by atoms with Crippen molar-refractivity contribution in [3.63, 3.8) is 0 Å². The first-order valence-corrected chi connectivity index (χ1v) is 10.7. The van der Waals surface area contributed by atoms with Gasteiger partial charge in [0, 0.05) is 22.0 Å². The van der Waals surface area contributed by atoms with E-state index in [1.165, 1.54) is 17.6 Å². The summed E-state index contributed by atoms with van der Waals surface area (Å²) in [7, 11) is -1.07. The van der Waals surface area contributed by atoms with Crippen LogP contribution in [-0.2, 0) is 20.4 Å². The minimum Gasteiger partial charge on any atom is -0.386 e. The first kappa shape index (κ1) is 19.8. The second-order valence-corrected chi connectivity index (χ2v) is 8.56. The molecule has 0 bridgehead atoms. The molecule has 0 spiro atoms. The Morgan fingerprint density at radius 1 is 1.30 bits per heavy atom. The molecule has 27 heavy (non-hydrogen) atoms. The normalized spacial score (nSPS) is 12.4. The summed E-state index contributed by atoms with van der Waals surface area (Å²) in [5.74, 6) is -0.389. The van der Waals surface area contributed by atoms with Crippen LogP contribution in [-0.4, -0.2) is 34.2 Å². The topological polar surface area (TPSA) is 80.7 Å². The maximum Gasteiger partial charge on any atom is 0.266 e. The van der Waals surface area contributed by atoms with E-state index in [4.69, 9.17) is 28.0 Å². The summed E-state index contributed by atoms with van der Waals surface area (Å²) in [5.41, 5.74) is 1.42. The van der Waals surface area contributed by atoms with Crippen molar-refractivity contribution in [3.05, 3.63) is 52.0 Å². The van der Waals surface area contributed by atoms with E-state index in [0.717, 1.165) is 10.2 Å². The summed E-state index contributed by atoms with van der Waals surface area (Å²) in [4.78, 5) is 22.0. The van der Waals surface area contributed by atoms with Gasteiger partial charge in [0.25, 0.3) is 5.91 Å². The van der Waals surface area contributed by atoms with Gasteiger partial charge in [0.15, 0.2) is 11.7 Å². The fraction of sp³-hybridized carbons (Fsp3) is 0.118. The predicted molar refractivity (Wildman–Crippen MR) is 111 cm³/mol. The summed E-state index contributed by atoms with van der Waals surface area (Å²) in [5, 5.41) is 7.67. The van der Waals surface area contributed by atoms with E-state index in [0.29, 0.717) is 25.6 Å². The Hall–Kier alpha value is -2.00. The van der Waals surface area contributed by atoms with E-state index in [1.807, 2.05) is 0 Å². The maximum atomic E-state index is 11.9. The number of amides is 1. The molecule has 3 rings (SSSR count). The van der Waals surface area contributed by atoms with Crippen LogP contribution in [0.15, 0.2) is 46.4 Å². The van der Waals surface area contributed by atoms with Crippen LogP contribution in [0.2, 0.25) is 10.0 Å². The Labute approximate surface area is 171 Å². The lowest BCUT2D eigenvalue weighted by atomic mass is 10.2. The maximum absolute atomic E-state index is 11.9. The summed E-state index contributed by atoms with van der Waals surface area (Å²) in [6.07, 6.45) is 3.04. The Kier molecular flexibility index (Phi) is 6.43. The highest BCUT2D eigenvalue weighted by atomic mass is 35.5. The van der Waals surface area contributed by atoms with Crippen LogP contribution in [0.5, 0.6) is 0 Å². The molecular formula is C17H13Cl2N3O3S2. The lowest BCUT2D eigenvalue weighted by Crippen LogP contribution is -2.16. The Balaban J connectivity index is 1.56. The van der Waals surface area contributed by atoms with Crippen LogP contribution in [0.1, 0.15) is 5.56 Å². The number of anilines is 1. The smallest absolute Gasteiger partial charge is 0.266 e. The van der Waals surface area contributed by atoms with Crippen LogP contribution in [0.3, 0.4) is 0 Å². The number of carbonyl (C=O) groups excluding carboxylic acids is 1. The van der Waals surface area contributed by atoms with E-state index in [9.17, 15) is 9.00 Å². The minimum absolute atomic E-state index is 0.266. The van der Waals surface area contributed by atoms with Gasteiger partial charge < -0.3 is 4.84 Å². The molecule has 1 heterocycles. The number of carbonyl (C=O) groups is 1. The van der Waals surface area contributed by atoms with Crippen LogP contribution < -0.4 is 5.32 Å². The van der Waals surface area contributed by atoms with E-state index >= 15 is 0 Å². The van der Waals surface area contributed by atoms with Crippen molar-refractivity contribution in [2.75, 3.05) is 18.2 Å². The van der Waals surface area contributed by atoms with Gasteiger partial charge in [-0.05, 0) is 35.9 Å². The molecule has 0 fully saturated rings. The van der Waals surface area contributed by atoms with Crippen LogP contribution >= 0.6 is 34.5 Å². The zero-order valence-corrected chi connectivity index (χ0v) is 17.1. The number of hydrogen-bond donors (Lipinski definition) is 1. The number of nitrogens with one attached hydrogen (secondary N) is 1. The Morgan fingerprint density at radius 3 is 2.85 bits per heavy atom. The van der Waals surface area contributed by atoms with Crippen molar-refractivity contribution in [2.24, 2.45) is 5.16 Å². The lowest BCUT2D eigenvalue weighted by molar-refractivity contribution is -0.120. The highest BCUT2D eigenvalue weighted by Crippen LogP contribution is 2.27. The Bertz CT molecular complexity index is 1050. The van der Waals surface area contributed by atoms with Crippen molar-refractivity contribution >= 4 is 72.8 Å². The molecule has 1 unspecified atom stereocenters. The number of benzene rings is 2. The van der Waals surface area contributed by atoms with Crippen LogP contribution in [0.25, 0.3) is 10.2 Å². The number of nitrogens with zero attached hydrogens (tertiary/aromatic N) is 2. The molecule has 0 aliphatic rings. The van der Waals surface area contributed by atoms with Crippen LogP contribution in [0, 0.1) is 0 Å². The Morgan fingerprint density at radius 2 is 2.11 bits per heavy atom. The van der Waals surface area contributed by atoms with E-state index in [-0.39, 0.29) is 12.5 Å². The molecule has 1 atom stereocenters. The van der Waals surface area contributed by atoms with Crippen molar-refractivity contribution in [1.29, 1.82) is 0 Å². The second-order valence-electron chi connectivity index (χ2n) is 5.33. The van der Waals surface area contributed by atoms with Crippen molar-refractivity contribution in [2.45, 2.75) is 4.90 Å². The SMILES string of the molecule is CS(=O)c1ccc2nc(NC(=O)CO/N=C/c3ccc(Cl)c(Cl)c3)sc2c1. The first-order valence-electron chi connectivity index (χ1n) is 7.56. The summed E-state index contributed by atoms with van der Waals surface area (Å²) in [6.45, 7) is -0.266. The molecule has 0 aliphatic carbocycles. The number of aromatic nitrogens is 1. The molecule has 10 heteroatoms. The van der Waals surface area contributed by atoms with Gasteiger partial charge in [-0.15, -0.1) is 0 Å². The first-order chi connectivity index (χ1) is 12.9. The highest BCUT2D eigenvalue weighted by Gasteiger charge is 2.09. The molecule has 0 saturated carbocycles. The van der Waals surface area contributed by atoms with E-state index < -0.39 is 10.8 Å². The monoisotopic (exact) mass is 441 g/mol. The van der Waals surface area contributed by atoms with E-state index in [2.05, 4.69) is 15.5 Å². The van der Waals surface area contributed by atoms with Gasteiger partial charge in [-0.1, -0.05) is 45.8 Å². The summed E-state index contributed by atoms with van der Waals surface area (Å²) in [6, 6.07) is 10.3. The van der Waals surface area contributed by atoms with Crippen molar-refractivity contribution < 1.29 is 13.8 Å². The minimum atomic E-state index is -1.07. The fourth-order valence-electron chi connectivity index (χ4n) is 2.08. The number of fused-ring (bicyclic) bond motifs is 1. The molecule has 140 valence electrons. The molecule has 2 aromatic carbocycles. The second kappa shape index (κ2) is 8.79. The summed E-state index contributed by atoms with van der Waals surface area (Å²) >= 11 is 13.0. The van der Waals surface area contributed by atoms with Gasteiger partial charge in [-0.25, -0.2) is 4.98 Å². The third kappa shape index (κ3) is 5.26. The number of hydrogen-bond acceptors (Lipinski definition) is 6. The predicted octanol–water partition coefficient (Wildman–Crippen LogP) is 4.33. The largest absolute Gasteiger partial charge is 0.386 e. The molecule has 1 aromatic heterocycles. The van der Waals surface area contributed by atoms with E-state index in [1.54, 1.807) is 42.7 Å². The fourth-order valence-corrected chi connectivity index (χ4v) is 3.93. The number of thiazole rings is 1. The molecule has 0 saturated heterocycles. The van der Waals surface area contributed by atoms with Gasteiger partial charge in [0.1, 0.15) is 0 Å². The molecule has 0 radical (unpaired) electrons. The molecule has 1 amide bonds. The number of oxime groups is 1. The van der Waals surface area contributed by atoms with Gasteiger partial charge in [-0.3, -0.25) is 14.3 Å². The van der Waals surface area contributed by atoms with Gasteiger partial charge in [-0.2, -0.15) is 0 Å². The number of halogens is 2. The third-order valence-corrected chi connectivity index (χ3v) is 5.94. The lowest BCUT2D eigenvalue weighted by Gasteiger charge is -2.00. The van der Waals surface area contributed by atoms with Gasteiger partial charge >= 0.3 is 0 Å². The van der Waals surface area contributed by atoms with Crippen molar-refractivity contribution in [1.82, 2.24) is 4.98 Å². The molecule has 3 aromatic rings. The quantitative estimate of drug-likeness (QED) is 0.455. The van der Waals surface area contributed by atoms with Gasteiger partial charge in [0.2, 0.25) is 0 Å². The molecule has 0 aliphatic heterocycles. The summed E-state index contributed by atoms with van der Waals surface area (Å²) < 4.78 is 12.4. The standard InChI is InChI=1S/C17H13Cl2N3O3S2/c1-27(24)11-3-5-14-15(7-11)26-17(21-14)22-16(23)9-25-20-8-10-2-4-12(18)13(19)6-10/h2-8H,9H2,1H3,(H,21,22,23)/b20-8+. The molecule has 1 N–H and O–H groups in total.